The van der Waals surface area contributed by atoms with Crippen LogP contribution in [0.3, 0.4) is 0 Å². The minimum absolute atomic E-state index is 0.118. The van der Waals surface area contributed by atoms with Crippen molar-refractivity contribution in [3.8, 4) is 0 Å². The van der Waals surface area contributed by atoms with Crippen LogP contribution < -0.4 is 5.73 Å². The summed E-state index contributed by atoms with van der Waals surface area (Å²) in [6, 6.07) is 8.54. The average Bonchev–Trinajstić information content (AvgIpc) is 2.64. The Morgan fingerprint density at radius 2 is 1.08 bits per heavy atom. The van der Waals surface area contributed by atoms with Gasteiger partial charge in [0, 0.05) is 0 Å². The molecule has 0 radical (unpaired) electrons. The summed E-state index contributed by atoms with van der Waals surface area (Å²) in [6.45, 7) is 1.37. The van der Waals surface area contributed by atoms with Gasteiger partial charge in [0.1, 0.15) is 6.04 Å². The maximum absolute atomic E-state index is 11.8. The second-order valence-electron chi connectivity index (χ2n) is 8.23. The van der Waals surface area contributed by atoms with E-state index in [1.54, 1.807) is 0 Å². The average molecular weight is 615 g/mol. The van der Waals surface area contributed by atoms with Crippen molar-refractivity contribution in [2.45, 2.75) is 50.2 Å². The molecule has 0 aliphatic carbocycles. The zero-order valence-electron chi connectivity index (χ0n) is 20.0. The van der Waals surface area contributed by atoms with Crippen molar-refractivity contribution in [1.82, 2.24) is 0 Å². The van der Waals surface area contributed by atoms with Gasteiger partial charge in [0.15, 0.2) is 0 Å². The monoisotopic (exact) mass is 615 g/mol. The fourth-order valence-corrected chi connectivity index (χ4v) is 11.5. The van der Waals surface area contributed by atoms with Gasteiger partial charge < -0.3 is 50.0 Å². The maximum Gasteiger partial charge on any atom is 0.395 e. The van der Waals surface area contributed by atoms with Gasteiger partial charge >= 0.3 is 36.4 Å². The largest absolute Gasteiger partial charge is 0.480 e. The van der Waals surface area contributed by atoms with E-state index < -0.39 is 71.0 Å². The van der Waals surface area contributed by atoms with E-state index in [0.717, 1.165) is 5.56 Å². The molecule has 0 aliphatic rings. The van der Waals surface area contributed by atoms with Crippen LogP contribution >= 0.6 is 30.4 Å². The van der Waals surface area contributed by atoms with Crippen LogP contribution in [0.25, 0.3) is 0 Å². The quantitative estimate of drug-likeness (QED) is 0.107. The van der Waals surface area contributed by atoms with E-state index in [1.807, 2.05) is 30.3 Å². The van der Waals surface area contributed by atoms with E-state index in [1.165, 1.54) is 13.8 Å². The molecule has 0 aliphatic heterocycles. The predicted octanol–water partition coefficient (Wildman–Crippen LogP) is 0.542. The summed E-state index contributed by atoms with van der Waals surface area (Å²) >= 11 is 0. The van der Waals surface area contributed by atoms with Gasteiger partial charge in [0.05, 0.1) is 13.1 Å². The minimum Gasteiger partial charge on any atom is -0.480 e. The van der Waals surface area contributed by atoms with Crippen LogP contribution in [0.4, 0.5) is 0 Å². The number of nitrogens with zero attached hydrogens (tertiary/aromatic N) is 1. The molecule has 1 aromatic rings. The Hall–Kier alpha value is -0.790. The van der Waals surface area contributed by atoms with Crippen LogP contribution in [0.15, 0.2) is 30.3 Å². The van der Waals surface area contributed by atoms with E-state index in [4.69, 9.17) is 10.8 Å². The van der Waals surface area contributed by atoms with Crippen LogP contribution in [-0.4, -0.2) is 84.9 Å². The number of carbonyl (C=O) groups is 1. The van der Waals surface area contributed by atoms with Gasteiger partial charge in [-0.1, -0.05) is 44.2 Å². The summed E-state index contributed by atoms with van der Waals surface area (Å²) in [7, 11) is -23.0. The number of aliphatic carboxylic acids is 1. The fourth-order valence-electron chi connectivity index (χ4n) is 4.07. The smallest absolute Gasteiger partial charge is 0.395 e. The Labute approximate surface area is 213 Å². The summed E-state index contributed by atoms with van der Waals surface area (Å²) in [5, 5.41) is 8.52. The van der Waals surface area contributed by atoms with Crippen LogP contribution in [-0.2, 0) is 29.5 Å². The van der Waals surface area contributed by atoms with E-state index in [9.17, 15) is 62.2 Å². The Morgan fingerprint density at radius 1 is 0.757 bits per heavy atom. The Kier molecular flexibility index (Phi) is 13.7. The summed E-state index contributed by atoms with van der Waals surface area (Å²) in [5.41, 5.74) is 0.254. The summed E-state index contributed by atoms with van der Waals surface area (Å²) in [6.07, 6.45) is 0.149. The lowest BCUT2D eigenvalue weighted by molar-refractivity contribution is -0.930. The van der Waals surface area contributed by atoms with E-state index in [-0.39, 0.29) is 12.8 Å². The first-order chi connectivity index (χ1) is 16.6. The highest BCUT2D eigenvalue weighted by molar-refractivity contribution is 7.72. The van der Waals surface area contributed by atoms with E-state index in [2.05, 4.69) is 0 Å². The molecule has 16 nitrogen and oxygen atoms in total. The van der Waals surface area contributed by atoms with Crippen LogP contribution in [0.5, 0.6) is 0 Å². The number of carboxylic acid groups (broad SMARTS) is 1. The normalized spacial score (nSPS) is 14.3. The van der Waals surface area contributed by atoms with Crippen molar-refractivity contribution in [1.29, 1.82) is 0 Å². The van der Waals surface area contributed by atoms with Gasteiger partial charge in [-0.2, -0.15) is 0 Å². The number of carboxylic acids is 1. The molecule has 0 saturated heterocycles. The number of hydrogen-bond acceptors (Lipinski definition) is 6. The predicted molar refractivity (Wildman–Crippen MR) is 132 cm³/mol. The van der Waals surface area contributed by atoms with Crippen LogP contribution in [0, 0.1) is 0 Å². The van der Waals surface area contributed by atoms with Crippen molar-refractivity contribution in [2.24, 2.45) is 5.73 Å². The maximum atomic E-state index is 11.8. The highest BCUT2D eigenvalue weighted by Crippen LogP contribution is 2.72. The third-order valence-electron chi connectivity index (χ3n) is 5.02. The van der Waals surface area contributed by atoms with Crippen molar-refractivity contribution in [3.63, 3.8) is 0 Å². The molecule has 11 N–H and O–H groups in total. The first-order valence-corrected chi connectivity index (χ1v) is 17.4. The molecule has 216 valence electrons. The molecule has 0 aromatic heterocycles. The molecule has 0 amide bonds. The van der Waals surface area contributed by atoms with Crippen molar-refractivity contribution in [3.05, 3.63) is 35.9 Å². The highest BCUT2D eigenvalue weighted by Gasteiger charge is 2.68. The molecule has 0 heterocycles. The van der Waals surface area contributed by atoms with E-state index in [0.29, 0.717) is 6.42 Å². The lowest BCUT2D eigenvalue weighted by Crippen LogP contribution is -2.61. The Morgan fingerprint density at radius 3 is 1.32 bits per heavy atom. The lowest BCUT2D eigenvalue weighted by atomic mass is 10.1. The van der Waals surface area contributed by atoms with Gasteiger partial charge in [-0.25, -0.2) is 0 Å². The van der Waals surface area contributed by atoms with Crippen molar-refractivity contribution in [2.75, 3.05) is 13.1 Å². The third-order valence-corrected chi connectivity index (χ3v) is 12.9. The van der Waals surface area contributed by atoms with Gasteiger partial charge in [-0.3, -0.25) is 27.5 Å². The number of benzene rings is 1. The number of rotatable bonds is 13. The molecule has 37 heavy (non-hydrogen) atoms. The third kappa shape index (κ3) is 11.1. The number of nitrogens with two attached hydrogens (primary N) is 1. The van der Waals surface area contributed by atoms with Crippen LogP contribution in [0.1, 0.15) is 32.3 Å². The summed E-state index contributed by atoms with van der Waals surface area (Å²) in [5.74, 6) is -0.959. The SMILES string of the molecule is CCC[N+](CCC)(C(P(=O)(O)O)P(=O)(O)O)C(P(=O)(O)O)P(=O)(O)O.N[C@@H](Cc1ccccc1)C(=O)O. The molecule has 1 rings (SSSR count). The molecule has 0 spiro atoms. The van der Waals surface area contributed by atoms with Crippen molar-refractivity contribution >= 4 is 36.4 Å². The topological polar surface area (TPSA) is 293 Å². The second kappa shape index (κ2) is 14.0. The summed E-state index contributed by atoms with van der Waals surface area (Å²) < 4.78 is 45.5. The molecule has 0 fully saturated rings. The molecular formula is C17H35N2O14P4+. The number of quaternary nitrogens is 1. The molecule has 1 atom stereocenters. The first-order valence-electron chi connectivity index (χ1n) is 10.6. The van der Waals surface area contributed by atoms with Gasteiger partial charge in [-0.05, 0) is 24.8 Å². The lowest BCUT2D eigenvalue weighted by Gasteiger charge is -2.48. The van der Waals surface area contributed by atoms with Gasteiger partial charge in [0.2, 0.25) is 0 Å². The minimum atomic E-state index is -5.75. The summed E-state index contributed by atoms with van der Waals surface area (Å²) in [4.78, 5) is 86.2. The standard InChI is InChI=1S/C9H11NO2.C8H23NO12P4/c10-8(9(11)12)6-7-4-2-1-3-5-7;1-3-5-9(6-4-2,7(22(10,11)12)23(13,14)15)8(24(16,17)18)25(19,20)21/h1-5,8H,6,10H2,(H,11,12);7-8H,3-6H2,1-2H3,(H7-,10,11,12,13,14,15,16,17,18,19,20,21)/p+1/t8-;/m0./s1. The van der Waals surface area contributed by atoms with Gasteiger partial charge in [-0.15, -0.1) is 0 Å². The zero-order chi connectivity index (χ0) is 29.5. The molecular weight excluding hydrogens is 580 g/mol. The van der Waals surface area contributed by atoms with Crippen molar-refractivity contribution < 1.29 is 71.8 Å². The molecule has 0 bridgehead atoms. The zero-order valence-corrected chi connectivity index (χ0v) is 23.6. The highest BCUT2D eigenvalue weighted by atomic mass is 31.2. The second-order valence-corrected chi connectivity index (χ2v) is 15.7. The fraction of sp³-hybridized carbons (Fsp3) is 0.588. The molecule has 1 aromatic carbocycles. The van der Waals surface area contributed by atoms with Crippen LogP contribution in [0.2, 0.25) is 0 Å². The molecule has 20 heteroatoms. The first kappa shape index (κ1) is 36.2. The molecule has 0 saturated carbocycles. The Bertz CT molecular complexity index is 963. The van der Waals surface area contributed by atoms with Gasteiger partial charge in [0.25, 0.3) is 11.0 Å². The molecule has 0 unspecified atom stereocenters. The van der Waals surface area contributed by atoms with E-state index >= 15 is 0 Å². The number of hydrogen-bond donors (Lipinski definition) is 10. The Balaban J connectivity index is 0.000000893.